The maximum atomic E-state index is 13.8. The van der Waals surface area contributed by atoms with E-state index in [1.54, 1.807) is 0 Å². The van der Waals surface area contributed by atoms with Gasteiger partial charge in [0.25, 0.3) is 5.89 Å². The minimum atomic E-state index is -4.62. The summed E-state index contributed by atoms with van der Waals surface area (Å²) < 4.78 is 52.0. The lowest BCUT2D eigenvalue weighted by Crippen LogP contribution is -2.37. The summed E-state index contributed by atoms with van der Waals surface area (Å²) in [7, 11) is 0. The van der Waals surface area contributed by atoms with Crippen LogP contribution in [0.25, 0.3) is 11.4 Å². The molecular formula is C23H30F3N5O3. The molecule has 1 saturated carbocycles. The number of nitrogens with one attached hydrogen (secondary N) is 1. The number of likely N-dealkylation sites (tertiary alicyclic amines) is 1. The Morgan fingerprint density at radius 2 is 2.00 bits per heavy atom. The number of aliphatic hydroxyl groups excluding tert-OH is 1. The van der Waals surface area contributed by atoms with Gasteiger partial charge in [-0.05, 0) is 43.4 Å². The van der Waals surface area contributed by atoms with Crippen molar-refractivity contribution in [3.05, 3.63) is 29.7 Å². The van der Waals surface area contributed by atoms with Crippen LogP contribution in [-0.2, 0) is 6.18 Å². The molecule has 2 heterocycles. The monoisotopic (exact) mass is 481 g/mol. The Morgan fingerprint density at radius 1 is 1.24 bits per heavy atom. The fourth-order valence-corrected chi connectivity index (χ4v) is 4.86. The second-order valence-electron chi connectivity index (χ2n) is 9.04. The van der Waals surface area contributed by atoms with Crippen molar-refractivity contribution in [2.24, 2.45) is 11.7 Å². The van der Waals surface area contributed by atoms with E-state index in [1.165, 1.54) is 49.1 Å². The van der Waals surface area contributed by atoms with Crippen molar-refractivity contribution < 1.29 is 27.5 Å². The van der Waals surface area contributed by atoms with Crippen LogP contribution in [0.3, 0.4) is 0 Å². The lowest BCUT2D eigenvalue weighted by atomic mass is 9.86. The Bertz CT molecular complexity index is 990. The predicted octanol–water partition coefficient (Wildman–Crippen LogP) is 4.50. The van der Waals surface area contributed by atoms with E-state index in [1.807, 2.05) is 0 Å². The topological polar surface area (TPSA) is 121 Å². The van der Waals surface area contributed by atoms with Crippen LogP contribution >= 0.6 is 0 Å². The standard InChI is InChI=1S/C23H30F3N5O3/c24-23(25,26)16-13-15(8-9-18(16)33-12-4-7-14-5-2-1-3-6-14)20-29-21(34-30-20)19-17(32)10-11-31(19)22(27)28/h8-9,13-14,17,19,32H,1-7,10-12H2,(H3,27,28)/t17-,19?/m0/s1. The molecule has 1 aromatic carbocycles. The molecular weight excluding hydrogens is 451 g/mol. The van der Waals surface area contributed by atoms with Gasteiger partial charge in [0.05, 0.1) is 18.3 Å². The number of alkyl halides is 3. The average Bonchev–Trinajstić information content (AvgIpc) is 3.43. The molecule has 0 radical (unpaired) electrons. The minimum Gasteiger partial charge on any atom is -0.493 e. The number of nitrogens with zero attached hydrogens (tertiary/aromatic N) is 3. The predicted molar refractivity (Wildman–Crippen MR) is 118 cm³/mol. The highest BCUT2D eigenvalue weighted by Gasteiger charge is 2.39. The molecule has 0 bridgehead atoms. The Balaban J connectivity index is 1.47. The molecule has 8 nitrogen and oxygen atoms in total. The van der Waals surface area contributed by atoms with E-state index < -0.39 is 23.9 Å². The lowest BCUT2D eigenvalue weighted by Gasteiger charge is -2.22. The second-order valence-corrected chi connectivity index (χ2v) is 9.04. The first-order valence-electron chi connectivity index (χ1n) is 11.7. The number of hydrogen-bond acceptors (Lipinski definition) is 6. The number of ether oxygens (including phenoxy) is 1. The van der Waals surface area contributed by atoms with Crippen molar-refractivity contribution in [2.75, 3.05) is 13.2 Å². The molecule has 11 heteroatoms. The molecule has 1 aliphatic heterocycles. The maximum Gasteiger partial charge on any atom is 0.419 e. The Morgan fingerprint density at radius 3 is 2.71 bits per heavy atom. The van der Waals surface area contributed by atoms with Crippen LogP contribution in [-0.4, -0.2) is 45.4 Å². The molecule has 1 saturated heterocycles. The fourth-order valence-electron chi connectivity index (χ4n) is 4.86. The van der Waals surface area contributed by atoms with Gasteiger partial charge in [-0.1, -0.05) is 37.3 Å². The highest BCUT2D eigenvalue weighted by molar-refractivity contribution is 5.75. The summed E-state index contributed by atoms with van der Waals surface area (Å²) in [5.41, 5.74) is 4.76. The quantitative estimate of drug-likeness (QED) is 0.302. The van der Waals surface area contributed by atoms with Gasteiger partial charge in [0, 0.05) is 12.1 Å². The third kappa shape index (κ3) is 5.45. The van der Waals surface area contributed by atoms with Gasteiger partial charge in [-0.3, -0.25) is 5.41 Å². The van der Waals surface area contributed by atoms with Crippen LogP contribution in [0.5, 0.6) is 5.75 Å². The first kappa shape index (κ1) is 24.3. The zero-order valence-corrected chi connectivity index (χ0v) is 18.9. The molecule has 0 amide bonds. The van der Waals surface area contributed by atoms with Gasteiger partial charge in [0.2, 0.25) is 5.82 Å². The summed E-state index contributed by atoms with van der Waals surface area (Å²) in [4.78, 5) is 5.60. The normalized spacial score (nSPS) is 21.7. The third-order valence-electron chi connectivity index (χ3n) is 6.65. The number of rotatable bonds is 7. The summed E-state index contributed by atoms with van der Waals surface area (Å²) in [6.45, 7) is 0.565. The van der Waals surface area contributed by atoms with Crippen LogP contribution in [0.15, 0.2) is 22.7 Å². The van der Waals surface area contributed by atoms with E-state index in [4.69, 9.17) is 20.4 Å². The molecule has 2 fully saturated rings. The van der Waals surface area contributed by atoms with Crippen LogP contribution in [0.4, 0.5) is 13.2 Å². The van der Waals surface area contributed by atoms with Crippen LogP contribution in [0.1, 0.15) is 68.9 Å². The van der Waals surface area contributed by atoms with Gasteiger partial charge in [-0.25, -0.2) is 0 Å². The maximum absolute atomic E-state index is 13.8. The number of hydrogen-bond donors (Lipinski definition) is 3. The molecule has 2 aromatic rings. The van der Waals surface area contributed by atoms with E-state index in [-0.39, 0.29) is 35.6 Å². The van der Waals surface area contributed by atoms with E-state index in [2.05, 4.69) is 10.1 Å². The Hall–Kier alpha value is -2.82. The average molecular weight is 482 g/mol. The summed E-state index contributed by atoms with van der Waals surface area (Å²) >= 11 is 0. The van der Waals surface area contributed by atoms with E-state index >= 15 is 0 Å². The molecule has 0 spiro atoms. The summed E-state index contributed by atoms with van der Waals surface area (Å²) in [6.07, 6.45) is 2.66. The fraction of sp³-hybridized carbons (Fsp3) is 0.609. The van der Waals surface area contributed by atoms with Crippen molar-refractivity contribution in [2.45, 2.75) is 69.7 Å². The summed E-state index contributed by atoms with van der Waals surface area (Å²) in [5, 5.41) is 21.7. The zero-order chi connectivity index (χ0) is 24.3. The van der Waals surface area contributed by atoms with Crippen molar-refractivity contribution in [1.29, 1.82) is 5.41 Å². The van der Waals surface area contributed by atoms with Gasteiger partial charge in [-0.2, -0.15) is 18.2 Å². The van der Waals surface area contributed by atoms with Crippen molar-refractivity contribution in [3.63, 3.8) is 0 Å². The van der Waals surface area contributed by atoms with Crippen molar-refractivity contribution in [3.8, 4) is 17.1 Å². The number of guanidine groups is 1. The van der Waals surface area contributed by atoms with Crippen molar-refractivity contribution >= 4 is 5.96 Å². The van der Waals surface area contributed by atoms with Crippen molar-refractivity contribution in [1.82, 2.24) is 15.0 Å². The molecule has 4 N–H and O–H groups in total. The first-order valence-corrected chi connectivity index (χ1v) is 11.7. The first-order chi connectivity index (χ1) is 16.2. The molecule has 1 aromatic heterocycles. The molecule has 1 aliphatic carbocycles. The number of aromatic nitrogens is 2. The Kier molecular flexibility index (Phi) is 7.30. The smallest absolute Gasteiger partial charge is 0.419 e. The number of halogens is 3. The third-order valence-corrected chi connectivity index (χ3v) is 6.65. The summed E-state index contributed by atoms with van der Waals surface area (Å²) in [6, 6.07) is 2.86. The lowest BCUT2D eigenvalue weighted by molar-refractivity contribution is -0.138. The van der Waals surface area contributed by atoms with Gasteiger partial charge in [0.15, 0.2) is 5.96 Å². The molecule has 1 unspecified atom stereocenters. The van der Waals surface area contributed by atoms with E-state index in [0.717, 1.165) is 12.5 Å². The number of nitrogens with two attached hydrogens (primary N) is 1. The van der Waals surface area contributed by atoms with Crippen LogP contribution < -0.4 is 10.5 Å². The SMILES string of the molecule is N=C(N)N1CC[C@H](O)C1c1nc(-c2ccc(OCCCC3CCCCC3)c(C(F)(F)F)c2)no1. The summed E-state index contributed by atoms with van der Waals surface area (Å²) in [5.74, 6) is 0.105. The second kappa shape index (κ2) is 10.2. The minimum absolute atomic E-state index is 0.00759. The highest BCUT2D eigenvalue weighted by atomic mass is 19.4. The molecule has 4 rings (SSSR count). The van der Waals surface area contributed by atoms with Gasteiger partial charge in [0.1, 0.15) is 11.8 Å². The largest absolute Gasteiger partial charge is 0.493 e. The molecule has 34 heavy (non-hydrogen) atoms. The molecule has 186 valence electrons. The molecule has 2 atom stereocenters. The van der Waals surface area contributed by atoms with Crippen LogP contribution in [0, 0.1) is 11.3 Å². The number of benzene rings is 1. The van der Waals surface area contributed by atoms with Crippen LogP contribution in [0.2, 0.25) is 0 Å². The molecule has 2 aliphatic rings. The van der Waals surface area contributed by atoms with E-state index in [9.17, 15) is 18.3 Å². The van der Waals surface area contributed by atoms with Gasteiger partial charge in [-0.15, -0.1) is 0 Å². The highest BCUT2D eigenvalue weighted by Crippen LogP contribution is 2.39. The zero-order valence-electron chi connectivity index (χ0n) is 18.9. The Labute approximate surface area is 195 Å². The van der Waals surface area contributed by atoms with Gasteiger partial charge >= 0.3 is 6.18 Å². The number of aliphatic hydroxyl groups is 1. The van der Waals surface area contributed by atoms with E-state index in [0.29, 0.717) is 25.3 Å². The van der Waals surface area contributed by atoms with Gasteiger partial charge < -0.3 is 25.0 Å².